The second kappa shape index (κ2) is 8.29. The van der Waals surface area contributed by atoms with Crippen molar-refractivity contribution in [2.45, 2.75) is 31.6 Å². The van der Waals surface area contributed by atoms with Crippen molar-refractivity contribution in [2.24, 2.45) is 5.92 Å². The minimum Gasteiger partial charge on any atom is -0.481 e. The highest BCUT2D eigenvalue weighted by molar-refractivity contribution is 5.94. The summed E-state index contributed by atoms with van der Waals surface area (Å²) >= 11 is 0. The molecule has 126 valence electrons. The van der Waals surface area contributed by atoms with Gasteiger partial charge >= 0.3 is 11.9 Å². The van der Waals surface area contributed by atoms with Crippen molar-refractivity contribution < 1.29 is 19.8 Å². The van der Waals surface area contributed by atoms with Crippen LogP contribution in [-0.4, -0.2) is 22.2 Å². The third-order valence-corrected chi connectivity index (χ3v) is 4.46. The molecule has 2 aromatic rings. The molecule has 0 radical (unpaired) electrons. The molecule has 0 fully saturated rings. The Morgan fingerprint density at radius 3 is 1.71 bits per heavy atom. The Bertz CT molecular complexity index is 653. The van der Waals surface area contributed by atoms with Crippen molar-refractivity contribution in [3.63, 3.8) is 0 Å². The molecule has 0 saturated carbocycles. The largest absolute Gasteiger partial charge is 0.481 e. The smallest absolute Gasteiger partial charge is 0.318 e. The molecule has 2 atom stereocenters. The van der Waals surface area contributed by atoms with Crippen LogP contribution < -0.4 is 0 Å². The molecule has 0 aliphatic heterocycles. The molecule has 24 heavy (non-hydrogen) atoms. The van der Waals surface area contributed by atoms with E-state index in [4.69, 9.17) is 0 Å². The van der Waals surface area contributed by atoms with Crippen LogP contribution in [0.5, 0.6) is 0 Å². The normalized spacial score (nSPS) is 13.4. The lowest BCUT2D eigenvalue weighted by atomic mass is 9.77. The Morgan fingerprint density at radius 2 is 1.29 bits per heavy atom. The van der Waals surface area contributed by atoms with Gasteiger partial charge in [0, 0.05) is 5.92 Å². The SMILES string of the molecule is CCC(CC(c1ccccc1)C(C(=O)O)C(=O)O)c1ccccc1. The summed E-state index contributed by atoms with van der Waals surface area (Å²) in [5, 5.41) is 18.9. The first-order valence-electron chi connectivity index (χ1n) is 8.10. The average molecular weight is 326 g/mol. The molecule has 2 rings (SSSR count). The van der Waals surface area contributed by atoms with Gasteiger partial charge in [-0.25, -0.2) is 0 Å². The number of aliphatic carboxylic acids is 2. The molecule has 0 saturated heterocycles. The zero-order valence-corrected chi connectivity index (χ0v) is 13.6. The number of carbonyl (C=O) groups is 2. The molecule has 2 unspecified atom stereocenters. The number of benzene rings is 2. The fraction of sp³-hybridized carbons (Fsp3) is 0.300. The summed E-state index contributed by atoms with van der Waals surface area (Å²) in [6.07, 6.45) is 1.30. The van der Waals surface area contributed by atoms with Gasteiger partial charge in [0.1, 0.15) is 0 Å². The second-order valence-corrected chi connectivity index (χ2v) is 5.92. The van der Waals surface area contributed by atoms with Gasteiger partial charge in [0.15, 0.2) is 5.92 Å². The lowest BCUT2D eigenvalue weighted by Gasteiger charge is -2.26. The summed E-state index contributed by atoms with van der Waals surface area (Å²) in [4.78, 5) is 23.2. The lowest BCUT2D eigenvalue weighted by Crippen LogP contribution is -2.31. The zero-order valence-electron chi connectivity index (χ0n) is 13.6. The van der Waals surface area contributed by atoms with Gasteiger partial charge in [0.25, 0.3) is 0 Å². The van der Waals surface area contributed by atoms with Gasteiger partial charge in [-0.1, -0.05) is 67.6 Å². The molecule has 0 aliphatic rings. The Labute approximate surface area is 141 Å². The Kier molecular flexibility index (Phi) is 6.13. The number of carboxylic acid groups (broad SMARTS) is 2. The van der Waals surface area contributed by atoms with Crippen LogP contribution in [0.2, 0.25) is 0 Å². The van der Waals surface area contributed by atoms with Gasteiger partial charge in [0.2, 0.25) is 0 Å². The van der Waals surface area contributed by atoms with Gasteiger partial charge in [-0.05, 0) is 29.9 Å². The van der Waals surface area contributed by atoms with E-state index in [1.807, 2.05) is 55.5 Å². The van der Waals surface area contributed by atoms with Gasteiger partial charge in [-0.3, -0.25) is 9.59 Å². The Hall–Kier alpha value is -2.62. The van der Waals surface area contributed by atoms with Gasteiger partial charge < -0.3 is 10.2 Å². The topological polar surface area (TPSA) is 74.6 Å². The molecule has 4 nitrogen and oxygen atoms in total. The van der Waals surface area contributed by atoms with Gasteiger partial charge in [0.05, 0.1) is 0 Å². The molecule has 0 heterocycles. The van der Waals surface area contributed by atoms with Crippen molar-refractivity contribution in [1.82, 2.24) is 0 Å². The third kappa shape index (κ3) is 4.22. The minimum absolute atomic E-state index is 0.109. The fourth-order valence-electron chi connectivity index (χ4n) is 3.18. The van der Waals surface area contributed by atoms with Crippen LogP contribution in [0.15, 0.2) is 60.7 Å². The molecule has 0 bridgehead atoms. The van der Waals surface area contributed by atoms with Crippen LogP contribution in [0, 0.1) is 5.92 Å². The van der Waals surface area contributed by atoms with Crippen LogP contribution in [0.25, 0.3) is 0 Å². The van der Waals surface area contributed by atoms with E-state index in [-0.39, 0.29) is 5.92 Å². The van der Waals surface area contributed by atoms with E-state index in [2.05, 4.69) is 0 Å². The highest BCUT2D eigenvalue weighted by Gasteiger charge is 2.37. The second-order valence-electron chi connectivity index (χ2n) is 5.92. The van der Waals surface area contributed by atoms with E-state index >= 15 is 0 Å². The van der Waals surface area contributed by atoms with Crippen LogP contribution in [0.4, 0.5) is 0 Å². The van der Waals surface area contributed by atoms with E-state index in [1.54, 1.807) is 12.1 Å². The molecule has 4 heteroatoms. The highest BCUT2D eigenvalue weighted by Crippen LogP contribution is 2.37. The van der Waals surface area contributed by atoms with Crippen molar-refractivity contribution in [1.29, 1.82) is 0 Å². The Morgan fingerprint density at radius 1 is 0.833 bits per heavy atom. The maximum Gasteiger partial charge on any atom is 0.318 e. The van der Waals surface area contributed by atoms with E-state index in [1.165, 1.54) is 0 Å². The summed E-state index contributed by atoms with van der Waals surface area (Å²) in [5.74, 6) is -4.51. The van der Waals surface area contributed by atoms with Crippen molar-refractivity contribution in [2.75, 3.05) is 0 Å². The molecule has 2 aromatic carbocycles. The third-order valence-electron chi connectivity index (χ3n) is 4.46. The predicted molar refractivity (Wildman–Crippen MR) is 92.0 cm³/mol. The number of hydrogen-bond acceptors (Lipinski definition) is 2. The number of hydrogen-bond donors (Lipinski definition) is 2. The van der Waals surface area contributed by atoms with Gasteiger partial charge in [-0.2, -0.15) is 0 Å². The van der Waals surface area contributed by atoms with Gasteiger partial charge in [-0.15, -0.1) is 0 Å². The molecule has 2 N–H and O–H groups in total. The molecule has 0 spiro atoms. The van der Waals surface area contributed by atoms with Crippen LogP contribution >= 0.6 is 0 Å². The first kappa shape index (κ1) is 17.7. The van der Waals surface area contributed by atoms with E-state index in [9.17, 15) is 19.8 Å². The average Bonchev–Trinajstić information content (AvgIpc) is 2.59. The van der Waals surface area contributed by atoms with Crippen molar-refractivity contribution in [3.8, 4) is 0 Å². The monoisotopic (exact) mass is 326 g/mol. The number of rotatable bonds is 8. The molecular weight excluding hydrogens is 304 g/mol. The van der Waals surface area contributed by atoms with E-state index in [0.29, 0.717) is 6.42 Å². The summed E-state index contributed by atoms with van der Waals surface area (Å²) in [5.41, 5.74) is 1.86. The fourth-order valence-corrected chi connectivity index (χ4v) is 3.18. The summed E-state index contributed by atoms with van der Waals surface area (Å²) < 4.78 is 0. The Balaban J connectivity index is 2.38. The van der Waals surface area contributed by atoms with Crippen LogP contribution in [0.1, 0.15) is 42.7 Å². The standard InChI is InChI=1S/C20H22O4/c1-2-14(15-9-5-3-6-10-15)13-17(16-11-7-4-8-12-16)18(19(21)22)20(23)24/h3-12,14,17-18H,2,13H2,1H3,(H,21,22)(H,23,24). The first-order chi connectivity index (χ1) is 11.5. The predicted octanol–water partition coefficient (Wildman–Crippen LogP) is 4.14. The number of carboxylic acids is 2. The first-order valence-corrected chi connectivity index (χ1v) is 8.10. The maximum atomic E-state index is 11.6. The highest BCUT2D eigenvalue weighted by atomic mass is 16.4. The van der Waals surface area contributed by atoms with E-state index < -0.39 is 23.8 Å². The lowest BCUT2D eigenvalue weighted by molar-refractivity contribution is -0.155. The zero-order chi connectivity index (χ0) is 17.5. The summed E-state index contributed by atoms with van der Waals surface area (Å²) in [6, 6.07) is 18.9. The molecule has 0 aromatic heterocycles. The molecule has 0 amide bonds. The maximum absolute atomic E-state index is 11.6. The summed E-state index contributed by atoms with van der Waals surface area (Å²) in [7, 11) is 0. The van der Waals surface area contributed by atoms with Crippen molar-refractivity contribution in [3.05, 3.63) is 71.8 Å². The minimum atomic E-state index is -1.45. The van der Waals surface area contributed by atoms with Crippen LogP contribution in [0.3, 0.4) is 0 Å². The molecular formula is C20H22O4. The quantitative estimate of drug-likeness (QED) is 0.715. The van der Waals surface area contributed by atoms with E-state index in [0.717, 1.165) is 17.5 Å². The summed E-state index contributed by atoms with van der Waals surface area (Å²) in [6.45, 7) is 2.04. The van der Waals surface area contributed by atoms with Crippen molar-refractivity contribution >= 4 is 11.9 Å². The molecule has 0 aliphatic carbocycles. The van der Waals surface area contributed by atoms with Crippen LogP contribution in [-0.2, 0) is 9.59 Å².